The molecule has 1 aromatic rings. The molecule has 0 radical (unpaired) electrons. The molecule has 0 aromatic heterocycles. The topological polar surface area (TPSA) is 12.0 Å². The van der Waals surface area contributed by atoms with Gasteiger partial charge in [-0.3, -0.25) is 0 Å². The lowest BCUT2D eigenvalue weighted by Gasteiger charge is -2.08. The first-order valence-electron chi connectivity index (χ1n) is 5.63. The smallest absolute Gasteiger partial charge is 0.0224 e. The molecule has 1 atom stereocenters. The zero-order valence-electron chi connectivity index (χ0n) is 10.2. The second-order valence-corrected chi connectivity index (χ2v) is 4.01. The number of rotatable bonds is 4. The molecule has 1 unspecified atom stereocenters. The molecule has 0 aliphatic carbocycles. The molecule has 0 saturated heterocycles. The van der Waals surface area contributed by atoms with E-state index in [4.69, 9.17) is 0 Å². The lowest BCUT2D eigenvalue weighted by molar-refractivity contribution is 0.663. The Morgan fingerprint density at radius 2 is 1.87 bits per heavy atom. The first-order valence-corrected chi connectivity index (χ1v) is 5.63. The minimum Gasteiger partial charge on any atom is -0.311 e. The fourth-order valence-electron chi connectivity index (χ4n) is 1.72. The van der Waals surface area contributed by atoms with Gasteiger partial charge in [0.25, 0.3) is 0 Å². The summed E-state index contributed by atoms with van der Waals surface area (Å²) in [5.74, 6) is 0. The summed E-state index contributed by atoms with van der Waals surface area (Å²) in [6.45, 7) is 9.63. The van der Waals surface area contributed by atoms with Crippen LogP contribution in [-0.4, -0.2) is 12.6 Å². The average molecular weight is 203 g/mol. The summed E-state index contributed by atoms with van der Waals surface area (Å²) in [5, 5.41) is 3.37. The van der Waals surface area contributed by atoms with Crippen LogP contribution in [0.25, 0.3) is 6.08 Å². The standard InChI is InChI=1S/C14H21N/c1-5-15-13(4)9-10-14-11(2)7-6-8-12(14)3/h6-10,13,15H,5H2,1-4H3/b10-9+. The van der Waals surface area contributed by atoms with Gasteiger partial charge < -0.3 is 5.32 Å². The average Bonchev–Trinajstić information content (AvgIpc) is 2.17. The van der Waals surface area contributed by atoms with Gasteiger partial charge in [-0.1, -0.05) is 37.3 Å². The second-order valence-electron chi connectivity index (χ2n) is 4.01. The lowest BCUT2D eigenvalue weighted by atomic mass is 10.0. The molecule has 0 saturated carbocycles. The van der Waals surface area contributed by atoms with Crippen molar-refractivity contribution in [1.29, 1.82) is 0 Å². The molecule has 0 amide bonds. The molecular formula is C14H21N. The van der Waals surface area contributed by atoms with Crippen LogP contribution in [0.1, 0.15) is 30.5 Å². The van der Waals surface area contributed by atoms with Gasteiger partial charge in [0.1, 0.15) is 0 Å². The van der Waals surface area contributed by atoms with Gasteiger partial charge in [-0.05, 0) is 44.0 Å². The van der Waals surface area contributed by atoms with Crippen molar-refractivity contribution in [2.75, 3.05) is 6.54 Å². The first kappa shape index (κ1) is 12.0. The largest absolute Gasteiger partial charge is 0.311 e. The molecule has 1 N–H and O–H groups in total. The van der Waals surface area contributed by atoms with Gasteiger partial charge in [0, 0.05) is 6.04 Å². The Morgan fingerprint density at radius 3 is 2.40 bits per heavy atom. The van der Waals surface area contributed by atoms with Gasteiger partial charge in [0.15, 0.2) is 0 Å². The summed E-state index contributed by atoms with van der Waals surface area (Å²) in [5.41, 5.74) is 4.03. The number of aryl methyl sites for hydroxylation is 2. The number of hydrogen-bond donors (Lipinski definition) is 1. The summed E-state index contributed by atoms with van der Waals surface area (Å²) in [6, 6.07) is 6.86. The van der Waals surface area contributed by atoms with E-state index >= 15 is 0 Å². The molecule has 0 aliphatic rings. The van der Waals surface area contributed by atoms with Crippen molar-refractivity contribution in [3.8, 4) is 0 Å². The Bertz CT molecular complexity index is 319. The van der Waals surface area contributed by atoms with E-state index in [1.165, 1.54) is 16.7 Å². The van der Waals surface area contributed by atoms with Crippen LogP contribution < -0.4 is 5.32 Å². The Morgan fingerprint density at radius 1 is 1.27 bits per heavy atom. The Balaban J connectivity index is 2.80. The molecule has 82 valence electrons. The highest BCUT2D eigenvalue weighted by molar-refractivity contribution is 5.57. The van der Waals surface area contributed by atoms with Crippen LogP contribution in [-0.2, 0) is 0 Å². The van der Waals surface area contributed by atoms with Gasteiger partial charge >= 0.3 is 0 Å². The molecule has 15 heavy (non-hydrogen) atoms. The van der Waals surface area contributed by atoms with Crippen LogP contribution >= 0.6 is 0 Å². The third-order valence-electron chi connectivity index (χ3n) is 2.62. The third kappa shape index (κ3) is 3.52. The number of nitrogens with one attached hydrogen (secondary N) is 1. The highest BCUT2D eigenvalue weighted by atomic mass is 14.9. The highest BCUT2D eigenvalue weighted by Crippen LogP contribution is 2.15. The predicted octanol–water partition coefficient (Wildman–Crippen LogP) is 3.31. The van der Waals surface area contributed by atoms with Crippen LogP contribution in [0.2, 0.25) is 0 Å². The van der Waals surface area contributed by atoms with E-state index in [1.54, 1.807) is 0 Å². The van der Waals surface area contributed by atoms with Crippen LogP contribution in [0.4, 0.5) is 0 Å². The second kappa shape index (κ2) is 5.72. The van der Waals surface area contributed by atoms with E-state index in [0.29, 0.717) is 6.04 Å². The number of benzene rings is 1. The van der Waals surface area contributed by atoms with Crippen LogP contribution in [0.15, 0.2) is 24.3 Å². The zero-order valence-corrected chi connectivity index (χ0v) is 10.2. The molecule has 0 spiro atoms. The molecule has 0 heterocycles. The van der Waals surface area contributed by atoms with Crippen molar-refractivity contribution < 1.29 is 0 Å². The van der Waals surface area contributed by atoms with Crippen molar-refractivity contribution in [3.05, 3.63) is 41.0 Å². The first-order chi connectivity index (χ1) is 7.15. The van der Waals surface area contributed by atoms with Crippen molar-refractivity contribution in [3.63, 3.8) is 0 Å². The third-order valence-corrected chi connectivity index (χ3v) is 2.62. The molecule has 1 rings (SSSR count). The van der Waals surface area contributed by atoms with E-state index in [2.05, 4.69) is 63.4 Å². The van der Waals surface area contributed by atoms with E-state index in [1.807, 2.05) is 0 Å². The summed E-state index contributed by atoms with van der Waals surface area (Å²) in [7, 11) is 0. The number of hydrogen-bond acceptors (Lipinski definition) is 1. The summed E-state index contributed by atoms with van der Waals surface area (Å²) >= 11 is 0. The molecule has 0 aliphatic heterocycles. The highest BCUT2D eigenvalue weighted by Gasteiger charge is 1.98. The van der Waals surface area contributed by atoms with Crippen LogP contribution in [0.5, 0.6) is 0 Å². The lowest BCUT2D eigenvalue weighted by Crippen LogP contribution is -2.22. The van der Waals surface area contributed by atoms with E-state index in [0.717, 1.165) is 6.54 Å². The normalized spacial score (nSPS) is 13.3. The monoisotopic (exact) mass is 203 g/mol. The quantitative estimate of drug-likeness (QED) is 0.791. The van der Waals surface area contributed by atoms with Gasteiger partial charge in [-0.2, -0.15) is 0 Å². The van der Waals surface area contributed by atoms with Gasteiger partial charge in [0.2, 0.25) is 0 Å². The van der Waals surface area contributed by atoms with E-state index < -0.39 is 0 Å². The SMILES string of the molecule is CCNC(C)/C=C/c1c(C)cccc1C. The van der Waals surface area contributed by atoms with Crippen LogP contribution in [0.3, 0.4) is 0 Å². The summed E-state index contributed by atoms with van der Waals surface area (Å²) in [6.07, 6.45) is 4.44. The summed E-state index contributed by atoms with van der Waals surface area (Å²) in [4.78, 5) is 0. The predicted molar refractivity (Wildman–Crippen MR) is 68.1 cm³/mol. The maximum absolute atomic E-state index is 3.37. The summed E-state index contributed by atoms with van der Waals surface area (Å²) < 4.78 is 0. The molecular weight excluding hydrogens is 182 g/mol. The Labute approximate surface area is 93.2 Å². The minimum absolute atomic E-state index is 0.439. The fraction of sp³-hybridized carbons (Fsp3) is 0.429. The van der Waals surface area contributed by atoms with Gasteiger partial charge in [-0.15, -0.1) is 0 Å². The molecule has 1 aromatic carbocycles. The molecule has 1 heteroatoms. The van der Waals surface area contributed by atoms with Crippen molar-refractivity contribution in [2.45, 2.75) is 33.7 Å². The van der Waals surface area contributed by atoms with Crippen LogP contribution in [0, 0.1) is 13.8 Å². The van der Waals surface area contributed by atoms with Gasteiger partial charge in [0.05, 0.1) is 0 Å². The number of likely N-dealkylation sites (N-methyl/N-ethyl adjacent to an activating group) is 1. The Hall–Kier alpha value is -1.08. The Kier molecular flexibility index (Phi) is 4.57. The minimum atomic E-state index is 0.439. The molecule has 0 bridgehead atoms. The maximum atomic E-state index is 3.37. The van der Waals surface area contributed by atoms with Gasteiger partial charge in [-0.25, -0.2) is 0 Å². The van der Waals surface area contributed by atoms with Crippen molar-refractivity contribution >= 4 is 6.08 Å². The van der Waals surface area contributed by atoms with Crippen molar-refractivity contribution in [1.82, 2.24) is 5.32 Å². The fourth-order valence-corrected chi connectivity index (χ4v) is 1.72. The molecule has 0 fully saturated rings. The van der Waals surface area contributed by atoms with E-state index in [-0.39, 0.29) is 0 Å². The van der Waals surface area contributed by atoms with Crippen molar-refractivity contribution in [2.24, 2.45) is 0 Å². The van der Waals surface area contributed by atoms with E-state index in [9.17, 15) is 0 Å². The molecule has 1 nitrogen and oxygen atoms in total. The maximum Gasteiger partial charge on any atom is 0.0224 e. The zero-order chi connectivity index (χ0) is 11.3.